The smallest absolute Gasteiger partial charge is 0.319 e. The molecule has 29 heavy (non-hydrogen) atoms. The van der Waals surface area contributed by atoms with Crippen LogP contribution >= 0.6 is 0 Å². The second-order valence-corrected chi connectivity index (χ2v) is 7.70. The third kappa shape index (κ3) is 3.27. The van der Waals surface area contributed by atoms with E-state index >= 15 is 0 Å². The number of nitrogens with zero attached hydrogens (tertiary/aromatic N) is 2. The van der Waals surface area contributed by atoms with Crippen molar-refractivity contribution in [3.8, 4) is 17.6 Å². The summed E-state index contributed by atoms with van der Waals surface area (Å²) in [5.74, 6) is -1.00. The molecule has 0 radical (unpaired) electrons. The van der Waals surface area contributed by atoms with Gasteiger partial charge in [-0.2, -0.15) is 5.26 Å². The van der Waals surface area contributed by atoms with Crippen molar-refractivity contribution in [1.82, 2.24) is 0 Å². The van der Waals surface area contributed by atoms with Crippen LogP contribution in [0.5, 0.6) is 11.5 Å². The number of rotatable bonds is 4. The van der Waals surface area contributed by atoms with Gasteiger partial charge in [0.25, 0.3) is 0 Å². The molecule has 1 aromatic rings. The van der Waals surface area contributed by atoms with Gasteiger partial charge in [0.15, 0.2) is 11.5 Å². The number of hydrogen-bond acceptors (Lipinski definition) is 8. The van der Waals surface area contributed by atoms with E-state index in [9.17, 15) is 20.2 Å². The van der Waals surface area contributed by atoms with Crippen LogP contribution in [-0.2, 0) is 9.53 Å². The number of carbonyl (C=O) groups excluding carboxylic acids is 1. The fraction of sp³-hybridized carbons (Fsp3) is 0.400. The predicted octanol–water partition coefficient (Wildman–Crippen LogP) is 3.06. The first-order valence-corrected chi connectivity index (χ1v) is 8.88. The Bertz CT molecular complexity index is 1020. The minimum Gasteiger partial charge on any atom is -0.493 e. The molecular formula is C20H21N3O6. The number of nitro benzene ring substituents is 1. The number of nitriles is 1. The van der Waals surface area contributed by atoms with Crippen LogP contribution < -0.4 is 15.2 Å². The maximum atomic E-state index is 13.0. The number of nitro groups is 1. The molecule has 0 unspecified atom stereocenters. The summed E-state index contributed by atoms with van der Waals surface area (Å²) in [6.07, 6.45) is 0.649. The Labute approximate surface area is 167 Å². The summed E-state index contributed by atoms with van der Waals surface area (Å²) in [6, 6.07) is 4.91. The molecule has 9 nitrogen and oxygen atoms in total. The van der Waals surface area contributed by atoms with E-state index in [0.29, 0.717) is 12.2 Å². The highest BCUT2D eigenvalue weighted by molar-refractivity contribution is 6.00. The van der Waals surface area contributed by atoms with E-state index in [2.05, 4.69) is 0 Å². The number of hydrogen-bond donors (Lipinski definition) is 1. The molecule has 152 valence electrons. The number of ether oxygens (including phenoxy) is 3. The zero-order chi connectivity index (χ0) is 21.5. The number of benzene rings is 1. The molecule has 3 rings (SSSR count). The molecule has 2 aliphatic rings. The standard InChI is InChI=1S/C20H21N3O6/c1-20(2)7-12(24)16-14(8-20)29-19(22)11(9-21)15(16)10-5-6-13(27-3)18(28-4)17(10)23(25)26/h5-6,15H,7-8,22H2,1-4H3/t15-/m0/s1. The lowest BCUT2D eigenvalue weighted by Crippen LogP contribution is -2.33. The van der Waals surface area contributed by atoms with E-state index in [0.717, 1.165) is 0 Å². The number of Topliss-reactive ketones (excluding diaryl/α,β-unsaturated/α-hetero) is 1. The zero-order valence-corrected chi connectivity index (χ0v) is 16.6. The maximum absolute atomic E-state index is 13.0. The molecule has 0 saturated carbocycles. The maximum Gasteiger partial charge on any atom is 0.319 e. The van der Waals surface area contributed by atoms with Crippen molar-refractivity contribution in [2.75, 3.05) is 14.2 Å². The van der Waals surface area contributed by atoms with Crippen molar-refractivity contribution >= 4 is 11.5 Å². The van der Waals surface area contributed by atoms with E-state index in [1.54, 1.807) is 0 Å². The molecule has 0 spiro atoms. The largest absolute Gasteiger partial charge is 0.493 e. The number of carbonyl (C=O) groups is 1. The lowest BCUT2D eigenvalue weighted by Gasteiger charge is -2.37. The van der Waals surface area contributed by atoms with E-state index in [4.69, 9.17) is 19.9 Å². The summed E-state index contributed by atoms with van der Waals surface area (Å²) in [6.45, 7) is 3.84. The first-order chi connectivity index (χ1) is 13.6. The van der Waals surface area contributed by atoms with Crippen LogP contribution in [0.15, 0.2) is 34.9 Å². The lowest BCUT2D eigenvalue weighted by molar-refractivity contribution is -0.386. The van der Waals surface area contributed by atoms with Crippen molar-refractivity contribution < 1.29 is 23.9 Å². The fourth-order valence-corrected chi connectivity index (χ4v) is 3.94. The Morgan fingerprint density at radius 1 is 1.31 bits per heavy atom. The van der Waals surface area contributed by atoms with Crippen LogP contribution in [0.25, 0.3) is 0 Å². The molecule has 0 amide bonds. The van der Waals surface area contributed by atoms with Crippen LogP contribution in [-0.4, -0.2) is 24.9 Å². The molecule has 0 fully saturated rings. The van der Waals surface area contributed by atoms with Gasteiger partial charge in [0.05, 0.1) is 25.1 Å². The first kappa shape index (κ1) is 20.2. The monoisotopic (exact) mass is 399 g/mol. The van der Waals surface area contributed by atoms with E-state index < -0.39 is 10.8 Å². The summed E-state index contributed by atoms with van der Waals surface area (Å²) < 4.78 is 16.0. The third-order valence-electron chi connectivity index (χ3n) is 5.12. The Balaban J connectivity index is 2.34. The summed E-state index contributed by atoms with van der Waals surface area (Å²) in [4.78, 5) is 24.3. The van der Waals surface area contributed by atoms with Crippen LogP contribution in [0, 0.1) is 26.9 Å². The second-order valence-electron chi connectivity index (χ2n) is 7.70. The van der Waals surface area contributed by atoms with Crippen molar-refractivity contribution in [2.24, 2.45) is 11.1 Å². The van der Waals surface area contributed by atoms with E-state index in [1.807, 2.05) is 19.9 Å². The normalized spacial score (nSPS) is 20.5. The summed E-state index contributed by atoms with van der Waals surface area (Å²) in [5, 5.41) is 21.6. The molecule has 1 atom stereocenters. The highest BCUT2D eigenvalue weighted by atomic mass is 16.6. The lowest BCUT2D eigenvalue weighted by atomic mass is 9.70. The number of allylic oxidation sites excluding steroid dienone is 3. The van der Waals surface area contributed by atoms with Crippen LogP contribution in [0.1, 0.15) is 38.2 Å². The average molecular weight is 399 g/mol. The highest BCUT2D eigenvalue weighted by Crippen LogP contribution is 2.52. The van der Waals surface area contributed by atoms with Crippen LogP contribution in [0.3, 0.4) is 0 Å². The van der Waals surface area contributed by atoms with Gasteiger partial charge in [-0.25, -0.2) is 0 Å². The fourth-order valence-electron chi connectivity index (χ4n) is 3.94. The Kier molecular flexibility index (Phi) is 4.96. The van der Waals surface area contributed by atoms with Gasteiger partial charge in [0.1, 0.15) is 17.4 Å². The molecule has 2 N–H and O–H groups in total. The van der Waals surface area contributed by atoms with Gasteiger partial charge in [-0.1, -0.05) is 13.8 Å². The number of ketones is 1. The van der Waals surface area contributed by atoms with E-state index in [1.165, 1.54) is 26.4 Å². The number of nitrogens with two attached hydrogens (primary N) is 1. The van der Waals surface area contributed by atoms with Gasteiger partial charge in [-0.05, 0) is 17.5 Å². The molecule has 1 aliphatic carbocycles. The van der Waals surface area contributed by atoms with Gasteiger partial charge in [-0.15, -0.1) is 0 Å². The Hall–Kier alpha value is -3.54. The van der Waals surface area contributed by atoms with Crippen molar-refractivity contribution in [3.05, 3.63) is 50.6 Å². The SMILES string of the molecule is COc1ccc([C@H]2C(C#N)=C(N)OC3=C2C(=O)CC(C)(C)C3)c([N+](=O)[O-])c1OC. The summed E-state index contributed by atoms with van der Waals surface area (Å²) in [7, 11) is 2.65. The third-order valence-corrected chi connectivity index (χ3v) is 5.12. The Morgan fingerprint density at radius 2 is 2.00 bits per heavy atom. The molecule has 1 heterocycles. The van der Waals surface area contributed by atoms with E-state index in [-0.39, 0.29) is 57.4 Å². The van der Waals surface area contributed by atoms with Gasteiger partial charge in [0.2, 0.25) is 11.6 Å². The molecule has 9 heteroatoms. The summed E-state index contributed by atoms with van der Waals surface area (Å²) in [5.41, 5.74) is 5.54. The minimum atomic E-state index is -1.02. The van der Waals surface area contributed by atoms with Gasteiger partial charge >= 0.3 is 5.69 Å². The quantitative estimate of drug-likeness (QED) is 0.602. The van der Waals surface area contributed by atoms with Crippen LogP contribution in [0.2, 0.25) is 0 Å². The predicted molar refractivity (Wildman–Crippen MR) is 102 cm³/mol. The average Bonchev–Trinajstić information content (AvgIpc) is 2.64. The molecule has 0 saturated heterocycles. The number of methoxy groups -OCH3 is 2. The topological polar surface area (TPSA) is 138 Å². The van der Waals surface area contributed by atoms with Gasteiger partial charge in [-0.3, -0.25) is 14.9 Å². The highest BCUT2D eigenvalue weighted by Gasteiger charge is 2.45. The van der Waals surface area contributed by atoms with Crippen LogP contribution in [0.4, 0.5) is 5.69 Å². The van der Waals surface area contributed by atoms with Crippen molar-refractivity contribution in [3.63, 3.8) is 0 Å². The van der Waals surface area contributed by atoms with Gasteiger partial charge < -0.3 is 19.9 Å². The molecule has 1 aromatic carbocycles. The Morgan fingerprint density at radius 3 is 2.55 bits per heavy atom. The zero-order valence-electron chi connectivity index (χ0n) is 16.6. The molecule has 0 bridgehead atoms. The first-order valence-electron chi connectivity index (χ1n) is 8.88. The molecule has 0 aromatic heterocycles. The van der Waals surface area contributed by atoms with Gasteiger partial charge in [0, 0.05) is 24.0 Å². The van der Waals surface area contributed by atoms with Crippen molar-refractivity contribution in [2.45, 2.75) is 32.6 Å². The molecular weight excluding hydrogens is 378 g/mol. The summed E-state index contributed by atoms with van der Waals surface area (Å²) >= 11 is 0. The second kappa shape index (κ2) is 7.13. The minimum absolute atomic E-state index is 0.0490. The molecule has 1 aliphatic heterocycles. The van der Waals surface area contributed by atoms with Crippen molar-refractivity contribution in [1.29, 1.82) is 5.26 Å².